The lowest BCUT2D eigenvalue weighted by Crippen LogP contribution is -1.89. The normalized spacial score (nSPS) is 18.3. The Morgan fingerprint density at radius 2 is 2.00 bits per heavy atom. The zero-order valence-electron chi connectivity index (χ0n) is 6.25. The van der Waals surface area contributed by atoms with Crippen molar-refractivity contribution in [2.75, 3.05) is 0 Å². The quantitative estimate of drug-likeness (QED) is 0.507. The van der Waals surface area contributed by atoms with Gasteiger partial charge >= 0.3 is 0 Å². The zero-order chi connectivity index (χ0) is 7.40. The summed E-state index contributed by atoms with van der Waals surface area (Å²) in [5.74, 6) is 0.512. The maximum Gasteiger partial charge on any atom is 0.0163 e. The number of hydrogen-bond donors (Lipinski definition) is 0. The van der Waals surface area contributed by atoms with Crippen LogP contribution in [0.15, 0.2) is 48.6 Å². The van der Waals surface area contributed by atoms with Gasteiger partial charge in [-0.2, -0.15) is 0 Å². The Hall–Kier alpha value is -1.04. The van der Waals surface area contributed by atoms with Crippen LogP contribution in [0.2, 0.25) is 0 Å². The first-order valence-electron chi connectivity index (χ1n) is 3.49. The van der Waals surface area contributed by atoms with Crippen molar-refractivity contribution in [2.24, 2.45) is 5.92 Å². The minimum Gasteiger partial charge on any atom is -0.0991 e. The second kappa shape index (κ2) is 3.21. The van der Waals surface area contributed by atoms with Crippen LogP contribution < -0.4 is 0 Å². The fraction of sp³-hybridized carbons (Fsp3) is 0.200. The van der Waals surface area contributed by atoms with Gasteiger partial charge in [0.1, 0.15) is 0 Å². The molecular formula is C10H12. The summed E-state index contributed by atoms with van der Waals surface area (Å²) in [5.41, 5.74) is 1.35. The van der Waals surface area contributed by atoms with Crippen molar-refractivity contribution < 1.29 is 0 Å². The Morgan fingerprint density at radius 3 is 2.50 bits per heavy atom. The summed E-state index contributed by atoms with van der Waals surface area (Å²) in [6.07, 6.45) is 12.4. The standard InChI is InChI=1S/C10H12/c1-3-6-9(2)10-7-4-5-8-10/h3-8,10H,1H2,2H3. The third-order valence-electron chi connectivity index (χ3n) is 1.65. The molecule has 0 aromatic heterocycles. The van der Waals surface area contributed by atoms with Gasteiger partial charge in [0.2, 0.25) is 0 Å². The highest BCUT2D eigenvalue weighted by molar-refractivity contribution is 5.29. The molecule has 0 heteroatoms. The van der Waals surface area contributed by atoms with E-state index in [4.69, 9.17) is 0 Å². The molecule has 0 atom stereocenters. The van der Waals surface area contributed by atoms with Crippen molar-refractivity contribution in [3.05, 3.63) is 48.6 Å². The fourth-order valence-electron chi connectivity index (χ4n) is 1.03. The second-order valence-electron chi connectivity index (χ2n) is 2.44. The van der Waals surface area contributed by atoms with E-state index in [9.17, 15) is 0 Å². The lowest BCUT2D eigenvalue weighted by atomic mass is 10.0. The van der Waals surface area contributed by atoms with E-state index < -0.39 is 0 Å². The van der Waals surface area contributed by atoms with E-state index in [1.165, 1.54) is 5.57 Å². The molecule has 0 amide bonds. The molecule has 0 aliphatic heterocycles. The van der Waals surface area contributed by atoms with Crippen LogP contribution in [-0.4, -0.2) is 0 Å². The summed E-state index contributed by atoms with van der Waals surface area (Å²) in [4.78, 5) is 0. The van der Waals surface area contributed by atoms with E-state index in [0.29, 0.717) is 5.92 Å². The highest BCUT2D eigenvalue weighted by Crippen LogP contribution is 2.17. The van der Waals surface area contributed by atoms with Crippen molar-refractivity contribution in [1.82, 2.24) is 0 Å². The van der Waals surface area contributed by atoms with Gasteiger partial charge < -0.3 is 0 Å². The van der Waals surface area contributed by atoms with Gasteiger partial charge in [0.05, 0.1) is 0 Å². The SMILES string of the molecule is C=CC=C(C)C1C=CC=C1. The molecular weight excluding hydrogens is 120 g/mol. The first-order valence-corrected chi connectivity index (χ1v) is 3.49. The molecule has 0 fully saturated rings. The van der Waals surface area contributed by atoms with Crippen molar-refractivity contribution >= 4 is 0 Å². The first kappa shape index (κ1) is 7.07. The van der Waals surface area contributed by atoms with Crippen LogP contribution >= 0.6 is 0 Å². The van der Waals surface area contributed by atoms with Crippen LogP contribution in [0.3, 0.4) is 0 Å². The molecule has 0 saturated heterocycles. The predicted octanol–water partition coefficient (Wildman–Crippen LogP) is 2.86. The molecule has 0 N–H and O–H groups in total. The maximum absolute atomic E-state index is 3.65. The topological polar surface area (TPSA) is 0 Å². The van der Waals surface area contributed by atoms with Crippen LogP contribution in [0, 0.1) is 5.92 Å². The van der Waals surface area contributed by atoms with Crippen molar-refractivity contribution in [2.45, 2.75) is 6.92 Å². The number of hydrogen-bond acceptors (Lipinski definition) is 0. The van der Waals surface area contributed by atoms with Crippen LogP contribution in [0.5, 0.6) is 0 Å². The summed E-state index contributed by atoms with van der Waals surface area (Å²) in [6, 6.07) is 0. The number of rotatable bonds is 2. The van der Waals surface area contributed by atoms with E-state index in [1.807, 2.05) is 12.2 Å². The monoisotopic (exact) mass is 132 g/mol. The Labute approximate surface area is 62.3 Å². The predicted molar refractivity (Wildman–Crippen MR) is 45.7 cm³/mol. The van der Waals surface area contributed by atoms with Gasteiger partial charge in [-0.05, 0) is 6.92 Å². The fourth-order valence-corrected chi connectivity index (χ4v) is 1.03. The average Bonchev–Trinajstić information content (AvgIpc) is 2.38. The van der Waals surface area contributed by atoms with Crippen LogP contribution in [0.25, 0.3) is 0 Å². The van der Waals surface area contributed by atoms with Gasteiger partial charge in [0.25, 0.3) is 0 Å². The summed E-state index contributed by atoms with van der Waals surface area (Å²) < 4.78 is 0. The summed E-state index contributed by atoms with van der Waals surface area (Å²) in [7, 11) is 0. The van der Waals surface area contributed by atoms with Gasteiger partial charge in [-0.15, -0.1) is 0 Å². The molecule has 0 unspecified atom stereocenters. The lowest BCUT2D eigenvalue weighted by Gasteiger charge is -2.02. The summed E-state index contributed by atoms with van der Waals surface area (Å²) >= 11 is 0. The second-order valence-corrected chi connectivity index (χ2v) is 2.44. The molecule has 0 spiro atoms. The highest BCUT2D eigenvalue weighted by Gasteiger charge is 2.03. The smallest absolute Gasteiger partial charge is 0.0163 e. The van der Waals surface area contributed by atoms with Gasteiger partial charge in [-0.1, -0.05) is 48.6 Å². The largest absolute Gasteiger partial charge is 0.0991 e. The molecule has 0 bridgehead atoms. The number of allylic oxidation sites excluding steroid dienone is 7. The average molecular weight is 132 g/mol. The Bertz CT molecular complexity index is 192. The van der Waals surface area contributed by atoms with E-state index >= 15 is 0 Å². The van der Waals surface area contributed by atoms with E-state index in [2.05, 4.69) is 37.8 Å². The Morgan fingerprint density at radius 1 is 1.40 bits per heavy atom. The molecule has 1 aliphatic carbocycles. The third-order valence-corrected chi connectivity index (χ3v) is 1.65. The molecule has 10 heavy (non-hydrogen) atoms. The summed E-state index contributed by atoms with van der Waals surface area (Å²) in [5, 5.41) is 0. The Kier molecular flexibility index (Phi) is 2.27. The molecule has 52 valence electrons. The molecule has 0 saturated carbocycles. The molecule has 1 rings (SSSR count). The zero-order valence-corrected chi connectivity index (χ0v) is 6.25. The molecule has 0 radical (unpaired) electrons. The van der Waals surface area contributed by atoms with Crippen molar-refractivity contribution in [3.63, 3.8) is 0 Å². The van der Waals surface area contributed by atoms with E-state index in [1.54, 1.807) is 0 Å². The lowest BCUT2D eigenvalue weighted by molar-refractivity contribution is 0.984. The summed E-state index contributed by atoms with van der Waals surface area (Å²) in [6.45, 7) is 5.76. The molecule has 1 aliphatic rings. The third kappa shape index (κ3) is 1.47. The minimum atomic E-state index is 0.512. The molecule has 0 nitrogen and oxygen atoms in total. The van der Waals surface area contributed by atoms with Gasteiger partial charge in [0.15, 0.2) is 0 Å². The maximum atomic E-state index is 3.65. The van der Waals surface area contributed by atoms with Crippen molar-refractivity contribution in [3.8, 4) is 0 Å². The van der Waals surface area contributed by atoms with E-state index in [-0.39, 0.29) is 0 Å². The van der Waals surface area contributed by atoms with Gasteiger partial charge in [-0.3, -0.25) is 0 Å². The molecule has 0 aromatic rings. The van der Waals surface area contributed by atoms with Crippen molar-refractivity contribution in [1.29, 1.82) is 0 Å². The van der Waals surface area contributed by atoms with Crippen LogP contribution in [-0.2, 0) is 0 Å². The van der Waals surface area contributed by atoms with E-state index in [0.717, 1.165) is 0 Å². The minimum absolute atomic E-state index is 0.512. The van der Waals surface area contributed by atoms with Crippen LogP contribution in [0.4, 0.5) is 0 Å². The molecule has 0 aromatic carbocycles. The van der Waals surface area contributed by atoms with Gasteiger partial charge in [0, 0.05) is 5.92 Å². The first-order chi connectivity index (χ1) is 4.84. The molecule has 0 heterocycles. The van der Waals surface area contributed by atoms with Gasteiger partial charge in [-0.25, -0.2) is 0 Å². The van der Waals surface area contributed by atoms with Crippen LogP contribution in [0.1, 0.15) is 6.92 Å². The Balaban J connectivity index is 2.65. The highest BCUT2D eigenvalue weighted by atomic mass is 14.1.